The van der Waals surface area contributed by atoms with Gasteiger partial charge in [-0.25, -0.2) is 4.98 Å². The molecule has 1 fully saturated rings. The van der Waals surface area contributed by atoms with Gasteiger partial charge in [0.2, 0.25) is 0 Å². The third-order valence-electron chi connectivity index (χ3n) is 7.98. The van der Waals surface area contributed by atoms with Gasteiger partial charge < -0.3 is 34.3 Å². The first kappa shape index (κ1) is 28.2. The average molecular weight is 587 g/mol. The van der Waals surface area contributed by atoms with Crippen LogP contribution in [-0.2, 0) is 15.1 Å². The standard InChI is InChI=1S/C32H34N4O5S/c1-35-19-34-30-29(31(35)42)33-20-36(30)28-17-26(37)27(41-28)18-40-32(21-7-5-4-6-8-21,22-9-13-24(38-2)14-10-22)23-11-15-25(39-3)16-12-23/h4-16,20,26-28,34,37H,17-19H2,1-3H3/t26-,27+,28+/m0/s1. The molecule has 2 aliphatic rings. The number of nitrogens with zero attached hydrogens (tertiary/aromatic N) is 3. The maximum absolute atomic E-state index is 11.2. The molecule has 0 aliphatic carbocycles. The molecule has 0 amide bonds. The van der Waals surface area contributed by atoms with Crippen molar-refractivity contribution in [3.05, 3.63) is 108 Å². The summed E-state index contributed by atoms with van der Waals surface area (Å²) in [5.41, 5.74) is 2.46. The lowest BCUT2D eigenvalue weighted by atomic mass is 9.80. The zero-order chi connectivity index (χ0) is 29.3. The summed E-state index contributed by atoms with van der Waals surface area (Å²) in [6.45, 7) is 0.707. The highest BCUT2D eigenvalue weighted by molar-refractivity contribution is 7.80. The normalized spacial score (nSPS) is 20.2. The van der Waals surface area contributed by atoms with Crippen LogP contribution in [-0.4, -0.2) is 71.3 Å². The summed E-state index contributed by atoms with van der Waals surface area (Å²) < 4.78 is 26.2. The minimum atomic E-state index is -1.01. The molecule has 10 heteroatoms. The van der Waals surface area contributed by atoms with Crippen LogP contribution in [0.2, 0.25) is 0 Å². The van der Waals surface area contributed by atoms with Gasteiger partial charge in [0.15, 0.2) is 0 Å². The number of thiocarbonyl (C=S) groups is 1. The first-order valence-corrected chi connectivity index (χ1v) is 14.2. The highest BCUT2D eigenvalue weighted by atomic mass is 32.1. The van der Waals surface area contributed by atoms with Crippen LogP contribution < -0.4 is 14.8 Å². The lowest BCUT2D eigenvalue weighted by Gasteiger charge is -2.37. The Labute approximate surface area is 250 Å². The summed E-state index contributed by atoms with van der Waals surface area (Å²) in [6.07, 6.45) is 0.367. The molecule has 2 aliphatic heterocycles. The van der Waals surface area contributed by atoms with Crippen molar-refractivity contribution in [1.29, 1.82) is 0 Å². The van der Waals surface area contributed by atoms with E-state index in [1.165, 1.54) is 0 Å². The Morgan fingerprint density at radius 3 is 2.14 bits per heavy atom. The minimum absolute atomic E-state index is 0.135. The fourth-order valence-corrected chi connectivity index (χ4v) is 5.89. The Balaban J connectivity index is 1.34. The molecular weight excluding hydrogens is 552 g/mol. The summed E-state index contributed by atoms with van der Waals surface area (Å²) in [5, 5.41) is 14.5. The van der Waals surface area contributed by atoms with Gasteiger partial charge in [0, 0.05) is 13.5 Å². The quantitative estimate of drug-likeness (QED) is 0.217. The van der Waals surface area contributed by atoms with Crippen molar-refractivity contribution >= 4 is 23.0 Å². The summed E-state index contributed by atoms with van der Waals surface area (Å²) in [4.78, 5) is 7.12. The monoisotopic (exact) mass is 586 g/mol. The number of hydrogen-bond donors (Lipinski definition) is 2. The first-order valence-electron chi connectivity index (χ1n) is 13.8. The second-order valence-corrected chi connectivity index (χ2v) is 10.8. The largest absolute Gasteiger partial charge is 0.497 e. The van der Waals surface area contributed by atoms with E-state index in [0.29, 0.717) is 23.8 Å². The lowest BCUT2D eigenvalue weighted by molar-refractivity contribution is -0.0933. The maximum Gasteiger partial charge on any atom is 0.143 e. The molecule has 0 radical (unpaired) electrons. The highest BCUT2D eigenvalue weighted by Gasteiger charge is 2.42. The van der Waals surface area contributed by atoms with Crippen molar-refractivity contribution in [3.63, 3.8) is 0 Å². The van der Waals surface area contributed by atoms with Gasteiger partial charge in [-0.3, -0.25) is 4.57 Å². The van der Waals surface area contributed by atoms with E-state index < -0.39 is 24.0 Å². The molecule has 0 bridgehead atoms. The van der Waals surface area contributed by atoms with Crippen LogP contribution in [0.5, 0.6) is 11.5 Å². The van der Waals surface area contributed by atoms with E-state index in [0.717, 1.165) is 34.0 Å². The van der Waals surface area contributed by atoms with Gasteiger partial charge in [0.05, 0.1) is 39.9 Å². The van der Waals surface area contributed by atoms with Crippen molar-refractivity contribution in [2.45, 2.75) is 30.5 Å². The zero-order valence-electron chi connectivity index (χ0n) is 23.8. The predicted molar refractivity (Wildman–Crippen MR) is 163 cm³/mol. The van der Waals surface area contributed by atoms with Gasteiger partial charge in [0.25, 0.3) is 0 Å². The molecule has 6 rings (SSSR count). The van der Waals surface area contributed by atoms with E-state index in [2.05, 4.69) is 10.3 Å². The van der Waals surface area contributed by atoms with Gasteiger partial charge >= 0.3 is 0 Å². The molecule has 3 heterocycles. The van der Waals surface area contributed by atoms with Crippen molar-refractivity contribution in [1.82, 2.24) is 14.5 Å². The fraction of sp³-hybridized carbons (Fsp3) is 0.312. The third-order valence-corrected chi connectivity index (χ3v) is 8.48. The Bertz CT molecular complexity index is 1480. The van der Waals surface area contributed by atoms with Crippen LogP contribution >= 0.6 is 12.2 Å². The Hall–Kier alpha value is -3.96. The van der Waals surface area contributed by atoms with Gasteiger partial charge in [-0.1, -0.05) is 66.8 Å². The molecule has 0 unspecified atom stereocenters. The lowest BCUT2D eigenvalue weighted by Crippen LogP contribution is -2.38. The molecule has 4 aromatic rings. The van der Waals surface area contributed by atoms with Gasteiger partial charge in [0.1, 0.15) is 45.9 Å². The van der Waals surface area contributed by atoms with Crippen molar-refractivity contribution in [2.24, 2.45) is 0 Å². The topological polar surface area (TPSA) is 90.2 Å². The van der Waals surface area contributed by atoms with E-state index in [4.69, 9.17) is 31.2 Å². The van der Waals surface area contributed by atoms with E-state index >= 15 is 0 Å². The second kappa shape index (κ2) is 11.7. The third kappa shape index (κ3) is 5.00. The Kier molecular flexibility index (Phi) is 7.87. The minimum Gasteiger partial charge on any atom is -0.497 e. The number of benzene rings is 3. The number of hydrogen-bond acceptors (Lipinski definition) is 8. The molecule has 1 aromatic heterocycles. The van der Waals surface area contributed by atoms with Gasteiger partial charge in [-0.2, -0.15) is 0 Å². The molecule has 9 nitrogen and oxygen atoms in total. The summed E-state index contributed by atoms with van der Waals surface area (Å²) in [6, 6.07) is 25.8. The van der Waals surface area contributed by atoms with E-state index in [9.17, 15) is 5.11 Å². The molecule has 42 heavy (non-hydrogen) atoms. The van der Waals surface area contributed by atoms with Crippen LogP contribution in [0, 0.1) is 0 Å². The maximum atomic E-state index is 11.2. The van der Waals surface area contributed by atoms with Crippen LogP contribution in [0.4, 0.5) is 5.82 Å². The van der Waals surface area contributed by atoms with Gasteiger partial charge in [-0.05, 0) is 41.0 Å². The van der Waals surface area contributed by atoms with E-state index in [-0.39, 0.29) is 6.61 Å². The molecule has 3 aromatic carbocycles. The van der Waals surface area contributed by atoms with Crippen molar-refractivity contribution in [2.75, 3.05) is 39.9 Å². The molecular formula is C32H34N4O5S. The predicted octanol–water partition coefficient (Wildman–Crippen LogP) is 4.55. The number of anilines is 1. The number of aliphatic hydroxyl groups is 1. The highest BCUT2D eigenvalue weighted by Crippen LogP contribution is 2.43. The number of fused-ring (bicyclic) bond motifs is 1. The SMILES string of the molecule is COc1ccc(C(OC[C@H]2O[C@@H](n3cnc4c3NCN(C)C4=S)C[C@@H]2O)(c2ccccc2)c2ccc(OC)cc2)cc1. The number of rotatable bonds is 9. The summed E-state index contributed by atoms with van der Waals surface area (Å²) in [7, 11) is 5.21. The molecule has 218 valence electrons. The number of methoxy groups -OCH3 is 2. The van der Waals surface area contributed by atoms with Crippen LogP contribution in [0.15, 0.2) is 85.2 Å². The molecule has 0 saturated carbocycles. The van der Waals surface area contributed by atoms with E-state index in [1.54, 1.807) is 20.5 Å². The Morgan fingerprint density at radius 2 is 1.55 bits per heavy atom. The summed E-state index contributed by atoms with van der Waals surface area (Å²) in [5.74, 6) is 2.29. The molecule has 3 atom stereocenters. The van der Waals surface area contributed by atoms with Crippen LogP contribution in [0.25, 0.3) is 0 Å². The van der Waals surface area contributed by atoms with Gasteiger partial charge in [-0.15, -0.1) is 0 Å². The number of nitrogens with one attached hydrogen (secondary N) is 1. The number of aromatic nitrogens is 2. The smallest absolute Gasteiger partial charge is 0.143 e. The zero-order valence-corrected chi connectivity index (χ0v) is 24.6. The molecule has 1 saturated heterocycles. The second-order valence-electron chi connectivity index (χ2n) is 10.4. The number of ether oxygens (including phenoxy) is 4. The first-order chi connectivity index (χ1) is 20.4. The van der Waals surface area contributed by atoms with Crippen LogP contribution in [0.1, 0.15) is 35.0 Å². The average Bonchev–Trinajstić information content (AvgIpc) is 3.64. The van der Waals surface area contributed by atoms with E-state index in [1.807, 2.05) is 95.4 Å². The number of imidazole rings is 1. The number of aliphatic hydroxyl groups excluding tert-OH is 1. The Morgan fingerprint density at radius 1 is 0.952 bits per heavy atom. The molecule has 2 N–H and O–H groups in total. The summed E-state index contributed by atoms with van der Waals surface area (Å²) >= 11 is 5.56. The van der Waals surface area contributed by atoms with Crippen LogP contribution in [0.3, 0.4) is 0 Å². The van der Waals surface area contributed by atoms with Crippen molar-refractivity contribution in [3.8, 4) is 11.5 Å². The van der Waals surface area contributed by atoms with Crippen molar-refractivity contribution < 1.29 is 24.1 Å². The molecule has 0 spiro atoms. The fourth-order valence-electron chi connectivity index (χ4n) is 5.67.